The van der Waals surface area contributed by atoms with Crippen molar-refractivity contribution in [2.75, 3.05) is 26.4 Å². The van der Waals surface area contributed by atoms with Gasteiger partial charge in [-0.2, -0.15) is 0 Å². The largest absolute Gasteiger partial charge is 0.376 e. The Kier molecular flexibility index (Phi) is 3.78. The standard InChI is InChI=1S/C11H20N2O3/c12-11(2-1-3-11)6-10(14)13-7-9-8-15-4-5-16-9/h9H,1-8,12H2,(H,13,14). The van der Waals surface area contributed by atoms with E-state index in [2.05, 4.69) is 5.32 Å². The van der Waals surface area contributed by atoms with E-state index < -0.39 is 0 Å². The van der Waals surface area contributed by atoms with E-state index in [1.807, 2.05) is 0 Å². The van der Waals surface area contributed by atoms with Crippen molar-refractivity contribution in [3.63, 3.8) is 0 Å². The van der Waals surface area contributed by atoms with E-state index in [1.54, 1.807) is 0 Å². The van der Waals surface area contributed by atoms with Crippen LogP contribution in [0.15, 0.2) is 0 Å². The third-order valence-corrected chi connectivity index (χ3v) is 3.27. The molecule has 1 unspecified atom stereocenters. The number of amides is 1. The van der Waals surface area contributed by atoms with Gasteiger partial charge in [0.1, 0.15) is 0 Å². The van der Waals surface area contributed by atoms with Crippen LogP contribution in [0.4, 0.5) is 0 Å². The number of carbonyl (C=O) groups excluding carboxylic acids is 1. The molecule has 0 radical (unpaired) electrons. The van der Waals surface area contributed by atoms with E-state index in [1.165, 1.54) is 0 Å². The van der Waals surface area contributed by atoms with Gasteiger partial charge in [-0.25, -0.2) is 0 Å². The van der Waals surface area contributed by atoms with Gasteiger partial charge < -0.3 is 20.5 Å². The molecular formula is C11H20N2O3. The molecule has 16 heavy (non-hydrogen) atoms. The Morgan fingerprint density at radius 2 is 2.25 bits per heavy atom. The summed E-state index contributed by atoms with van der Waals surface area (Å²) < 4.78 is 10.7. The second-order valence-corrected chi connectivity index (χ2v) is 4.76. The smallest absolute Gasteiger partial charge is 0.221 e. The predicted octanol–water partition coefficient (Wildman–Crippen LogP) is -0.211. The second kappa shape index (κ2) is 5.12. The van der Waals surface area contributed by atoms with Crippen molar-refractivity contribution in [3.8, 4) is 0 Å². The average Bonchev–Trinajstić information content (AvgIpc) is 2.26. The fourth-order valence-electron chi connectivity index (χ4n) is 2.07. The number of nitrogens with one attached hydrogen (secondary N) is 1. The van der Waals surface area contributed by atoms with Crippen LogP contribution in [0.5, 0.6) is 0 Å². The number of hydrogen-bond donors (Lipinski definition) is 2. The minimum absolute atomic E-state index is 0.00665. The highest BCUT2D eigenvalue weighted by Gasteiger charge is 2.34. The highest BCUT2D eigenvalue weighted by molar-refractivity contribution is 5.77. The maximum atomic E-state index is 11.6. The lowest BCUT2D eigenvalue weighted by Crippen LogP contribution is -2.51. The van der Waals surface area contributed by atoms with Crippen molar-refractivity contribution in [2.45, 2.75) is 37.3 Å². The van der Waals surface area contributed by atoms with Gasteiger partial charge in [0, 0.05) is 18.5 Å². The molecule has 3 N–H and O–H groups in total. The average molecular weight is 228 g/mol. The number of carbonyl (C=O) groups is 1. The molecule has 0 bridgehead atoms. The van der Waals surface area contributed by atoms with Crippen LogP contribution in [0.2, 0.25) is 0 Å². The molecule has 1 heterocycles. The van der Waals surface area contributed by atoms with Crippen LogP contribution in [0, 0.1) is 0 Å². The van der Waals surface area contributed by atoms with Gasteiger partial charge in [-0.15, -0.1) is 0 Å². The van der Waals surface area contributed by atoms with Crippen LogP contribution in [-0.4, -0.2) is 43.9 Å². The maximum absolute atomic E-state index is 11.6. The molecule has 2 aliphatic rings. The lowest BCUT2D eigenvalue weighted by atomic mass is 9.75. The molecule has 1 aliphatic carbocycles. The van der Waals surface area contributed by atoms with Gasteiger partial charge in [0.2, 0.25) is 5.91 Å². The zero-order chi connectivity index (χ0) is 11.4. The fourth-order valence-corrected chi connectivity index (χ4v) is 2.07. The van der Waals surface area contributed by atoms with Gasteiger partial charge in [-0.1, -0.05) is 0 Å². The normalized spacial score (nSPS) is 28.2. The van der Waals surface area contributed by atoms with E-state index in [0.717, 1.165) is 19.3 Å². The molecule has 5 heteroatoms. The van der Waals surface area contributed by atoms with Gasteiger partial charge in [0.05, 0.1) is 25.9 Å². The lowest BCUT2D eigenvalue weighted by molar-refractivity contribution is -0.125. The third-order valence-electron chi connectivity index (χ3n) is 3.27. The molecule has 5 nitrogen and oxygen atoms in total. The summed E-state index contributed by atoms with van der Waals surface area (Å²) in [5, 5.41) is 2.85. The third kappa shape index (κ3) is 3.17. The summed E-state index contributed by atoms with van der Waals surface area (Å²) in [7, 11) is 0. The minimum Gasteiger partial charge on any atom is -0.376 e. The number of nitrogens with two attached hydrogens (primary N) is 1. The van der Waals surface area contributed by atoms with Crippen LogP contribution in [-0.2, 0) is 14.3 Å². The summed E-state index contributed by atoms with van der Waals surface area (Å²) in [6, 6.07) is 0. The van der Waals surface area contributed by atoms with Crippen molar-refractivity contribution in [1.82, 2.24) is 5.32 Å². The Hall–Kier alpha value is -0.650. The first-order chi connectivity index (χ1) is 7.68. The van der Waals surface area contributed by atoms with Gasteiger partial charge in [-0.3, -0.25) is 4.79 Å². The topological polar surface area (TPSA) is 73.6 Å². The highest BCUT2D eigenvalue weighted by Crippen LogP contribution is 2.31. The van der Waals surface area contributed by atoms with E-state index in [0.29, 0.717) is 32.8 Å². The number of rotatable bonds is 4. The van der Waals surface area contributed by atoms with E-state index in [-0.39, 0.29) is 17.6 Å². The van der Waals surface area contributed by atoms with E-state index in [9.17, 15) is 4.79 Å². The first-order valence-electron chi connectivity index (χ1n) is 5.93. The van der Waals surface area contributed by atoms with Crippen molar-refractivity contribution in [3.05, 3.63) is 0 Å². The Morgan fingerprint density at radius 3 is 2.81 bits per heavy atom. The molecule has 0 aromatic heterocycles. The summed E-state index contributed by atoms with van der Waals surface area (Å²) in [4.78, 5) is 11.6. The molecule has 0 spiro atoms. The molecule has 2 fully saturated rings. The molecule has 1 saturated carbocycles. The highest BCUT2D eigenvalue weighted by atomic mass is 16.6. The summed E-state index contributed by atoms with van der Waals surface area (Å²) in [5.41, 5.74) is 5.75. The Morgan fingerprint density at radius 1 is 1.44 bits per heavy atom. The molecule has 1 aliphatic heterocycles. The van der Waals surface area contributed by atoms with Gasteiger partial charge in [-0.05, 0) is 19.3 Å². The van der Waals surface area contributed by atoms with E-state index in [4.69, 9.17) is 15.2 Å². The predicted molar refractivity (Wildman–Crippen MR) is 59.0 cm³/mol. The van der Waals surface area contributed by atoms with Crippen LogP contribution in [0.25, 0.3) is 0 Å². The monoisotopic (exact) mass is 228 g/mol. The van der Waals surface area contributed by atoms with Crippen molar-refractivity contribution >= 4 is 5.91 Å². The molecule has 92 valence electrons. The van der Waals surface area contributed by atoms with Crippen LogP contribution in [0.3, 0.4) is 0 Å². The molecule has 1 amide bonds. The molecule has 2 rings (SSSR count). The zero-order valence-electron chi connectivity index (χ0n) is 9.54. The quantitative estimate of drug-likeness (QED) is 0.698. The molecule has 1 saturated heterocycles. The first kappa shape index (κ1) is 11.8. The molecule has 0 aromatic carbocycles. The van der Waals surface area contributed by atoms with E-state index >= 15 is 0 Å². The van der Waals surface area contributed by atoms with Gasteiger partial charge in [0.15, 0.2) is 0 Å². The summed E-state index contributed by atoms with van der Waals surface area (Å²) in [6.45, 7) is 2.35. The molecular weight excluding hydrogens is 208 g/mol. The minimum atomic E-state index is -0.242. The van der Waals surface area contributed by atoms with Crippen LogP contribution >= 0.6 is 0 Å². The number of hydrogen-bond acceptors (Lipinski definition) is 4. The molecule has 1 atom stereocenters. The summed E-state index contributed by atoms with van der Waals surface area (Å²) >= 11 is 0. The van der Waals surface area contributed by atoms with Crippen molar-refractivity contribution in [1.29, 1.82) is 0 Å². The maximum Gasteiger partial charge on any atom is 0.221 e. The summed E-state index contributed by atoms with van der Waals surface area (Å²) in [6.07, 6.45) is 3.49. The van der Waals surface area contributed by atoms with Crippen LogP contribution in [0.1, 0.15) is 25.7 Å². The molecule has 0 aromatic rings. The van der Waals surface area contributed by atoms with Crippen molar-refractivity contribution < 1.29 is 14.3 Å². The zero-order valence-corrected chi connectivity index (χ0v) is 9.54. The lowest BCUT2D eigenvalue weighted by Gasteiger charge is -2.37. The fraction of sp³-hybridized carbons (Fsp3) is 0.909. The summed E-state index contributed by atoms with van der Waals surface area (Å²) in [5.74, 6) is 0.0244. The SMILES string of the molecule is NC1(CC(=O)NCC2COCCO2)CCC1. The number of ether oxygens (including phenoxy) is 2. The van der Waals surface area contributed by atoms with Gasteiger partial charge >= 0.3 is 0 Å². The Labute approximate surface area is 95.7 Å². The second-order valence-electron chi connectivity index (χ2n) is 4.76. The van der Waals surface area contributed by atoms with Gasteiger partial charge in [0.25, 0.3) is 0 Å². The Balaban J connectivity index is 1.63. The first-order valence-corrected chi connectivity index (χ1v) is 5.93. The van der Waals surface area contributed by atoms with Crippen molar-refractivity contribution in [2.24, 2.45) is 5.73 Å². The van der Waals surface area contributed by atoms with Crippen LogP contribution < -0.4 is 11.1 Å². The Bertz CT molecular complexity index is 248.